The fourth-order valence-electron chi connectivity index (χ4n) is 2.52. The van der Waals surface area contributed by atoms with Gasteiger partial charge in [-0.25, -0.2) is 10.5 Å². The van der Waals surface area contributed by atoms with Gasteiger partial charge < -0.3 is 5.32 Å². The lowest BCUT2D eigenvalue weighted by Gasteiger charge is -2.18. The molecule has 1 atom stereocenters. The van der Waals surface area contributed by atoms with Gasteiger partial charge in [-0.15, -0.1) is 0 Å². The number of nitrogens with one attached hydrogen (secondary N) is 2. The van der Waals surface area contributed by atoms with Gasteiger partial charge in [0.05, 0.1) is 5.71 Å². The van der Waals surface area contributed by atoms with Crippen molar-refractivity contribution in [2.24, 2.45) is 10.9 Å². The van der Waals surface area contributed by atoms with Gasteiger partial charge in [-0.3, -0.25) is 19.6 Å². The van der Waals surface area contributed by atoms with Crippen LogP contribution in [0.1, 0.15) is 38.5 Å². The van der Waals surface area contributed by atoms with Crippen molar-refractivity contribution < 1.29 is 19.6 Å². The molecule has 0 aromatic carbocycles. The molecule has 2 rings (SSSR count). The quantitative estimate of drug-likeness (QED) is 0.356. The van der Waals surface area contributed by atoms with E-state index in [0.717, 1.165) is 19.3 Å². The topological polar surface area (TPSA) is 108 Å². The van der Waals surface area contributed by atoms with Gasteiger partial charge in [-0.05, 0) is 31.1 Å². The molecule has 2 aliphatic rings. The summed E-state index contributed by atoms with van der Waals surface area (Å²) in [6.07, 6.45) is 12.4. The highest BCUT2D eigenvalue weighted by Gasteiger charge is 2.18. The zero-order valence-electron chi connectivity index (χ0n) is 13.3. The number of nitrogens with zero attached hydrogens (tertiary/aromatic N) is 1. The molecule has 1 unspecified atom stereocenters. The van der Waals surface area contributed by atoms with Crippen molar-refractivity contribution in [1.29, 1.82) is 0 Å². The third-order valence-electron chi connectivity index (χ3n) is 3.79. The van der Waals surface area contributed by atoms with Gasteiger partial charge in [0.15, 0.2) is 0 Å². The monoisotopic (exact) mass is 331 g/mol. The summed E-state index contributed by atoms with van der Waals surface area (Å²) >= 11 is 0. The van der Waals surface area contributed by atoms with Gasteiger partial charge in [-0.2, -0.15) is 0 Å². The Morgan fingerprint density at radius 3 is 2.46 bits per heavy atom. The van der Waals surface area contributed by atoms with E-state index >= 15 is 0 Å². The van der Waals surface area contributed by atoms with E-state index in [1.165, 1.54) is 6.08 Å². The molecule has 128 valence electrons. The minimum absolute atomic E-state index is 0.0599. The molecule has 1 aliphatic heterocycles. The molecular formula is C17H21N3O4. The van der Waals surface area contributed by atoms with Gasteiger partial charge in [0, 0.05) is 30.5 Å². The van der Waals surface area contributed by atoms with Crippen LogP contribution >= 0.6 is 0 Å². The lowest BCUT2D eigenvalue weighted by Crippen LogP contribution is -2.26. The van der Waals surface area contributed by atoms with Crippen LogP contribution in [0.5, 0.6) is 0 Å². The highest BCUT2D eigenvalue weighted by atomic mass is 16.5. The third kappa shape index (κ3) is 5.58. The Morgan fingerprint density at radius 1 is 1.04 bits per heavy atom. The fourth-order valence-corrected chi connectivity index (χ4v) is 2.52. The van der Waals surface area contributed by atoms with E-state index < -0.39 is 0 Å². The van der Waals surface area contributed by atoms with Gasteiger partial charge >= 0.3 is 0 Å². The Hall–Kier alpha value is -2.54. The van der Waals surface area contributed by atoms with E-state index in [4.69, 9.17) is 5.21 Å². The van der Waals surface area contributed by atoms with Crippen molar-refractivity contribution >= 4 is 23.4 Å². The van der Waals surface area contributed by atoms with Crippen LogP contribution in [-0.4, -0.2) is 28.6 Å². The molecule has 0 radical (unpaired) electrons. The molecule has 0 spiro atoms. The molecular weight excluding hydrogens is 310 g/mol. The Balaban J connectivity index is 1.66. The van der Waals surface area contributed by atoms with Crippen LogP contribution in [0.4, 0.5) is 0 Å². The summed E-state index contributed by atoms with van der Waals surface area (Å²) in [7, 11) is 0. The van der Waals surface area contributed by atoms with Crippen molar-refractivity contribution in [2.45, 2.75) is 38.5 Å². The molecule has 0 aromatic heterocycles. The maximum absolute atomic E-state index is 11.9. The number of hydrogen-bond donors (Lipinski definition) is 3. The van der Waals surface area contributed by atoms with Gasteiger partial charge in [0.2, 0.25) is 11.8 Å². The summed E-state index contributed by atoms with van der Waals surface area (Å²) in [4.78, 5) is 37.9. The normalized spacial score (nSPS) is 18.5. The third-order valence-corrected chi connectivity index (χ3v) is 3.79. The second-order valence-corrected chi connectivity index (χ2v) is 5.71. The van der Waals surface area contributed by atoms with Crippen molar-refractivity contribution in [1.82, 2.24) is 10.8 Å². The van der Waals surface area contributed by atoms with Crippen molar-refractivity contribution in [3.05, 3.63) is 36.1 Å². The number of carbonyl (C=O) groups is 3. The molecule has 0 saturated heterocycles. The minimum atomic E-state index is -0.384. The number of hydroxylamine groups is 1. The summed E-state index contributed by atoms with van der Waals surface area (Å²) in [6, 6.07) is 0. The maximum atomic E-state index is 11.9. The smallest absolute Gasteiger partial charge is 0.269 e. The summed E-state index contributed by atoms with van der Waals surface area (Å²) in [5.74, 6) is -0.774. The van der Waals surface area contributed by atoms with E-state index in [9.17, 15) is 14.4 Å². The second-order valence-electron chi connectivity index (χ2n) is 5.71. The number of carbonyl (C=O) groups excluding carboxylic acids is 3. The summed E-state index contributed by atoms with van der Waals surface area (Å²) in [5, 5.41) is 11.2. The Labute approximate surface area is 140 Å². The van der Waals surface area contributed by atoms with Crippen molar-refractivity contribution in [3.63, 3.8) is 0 Å². The summed E-state index contributed by atoms with van der Waals surface area (Å²) < 4.78 is 0. The molecule has 0 bridgehead atoms. The number of allylic oxidation sites excluding steroid dienone is 4. The molecule has 7 nitrogen and oxygen atoms in total. The van der Waals surface area contributed by atoms with Crippen LogP contribution in [0.2, 0.25) is 0 Å². The average Bonchev–Trinajstić information content (AvgIpc) is 2.57. The zero-order valence-corrected chi connectivity index (χ0v) is 13.3. The number of fused-ring (bicyclic) bond motifs is 1. The van der Waals surface area contributed by atoms with E-state index in [2.05, 4.69) is 10.3 Å². The van der Waals surface area contributed by atoms with Crippen LogP contribution < -0.4 is 10.8 Å². The maximum Gasteiger partial charge on any atom is 0.269 e. The first-order chi connectivity index (χ1) is 11.6. The highest BCUT2D eigenvalue weighted by Crippen LogP contribution is 2.18. The zero-order chi connectivity index (χ0) is 17.4. The number of dihydropyridines is 1. The Bertz CT molecular complexity index is 632. The van der Waals surface area contributed by atoms with E-state index in [0.29, 0.717) is 30.7 Å². The first-order valence-corrected chi connectivity index (χ1v) is 8.02. The number of unbranched alkanes of at least 4 members (excludes halogenated alkanes) is 3. The van der Waals surface area contributed by atoms with Crippen LogP contribution in [0.25, 0.3) is 0 Å². The minimum Gasteiger partial charge on any atom is -0.326 e. The van der Waals surface area contributed by atoms with Crippen LogP contribution in [0.3, 0.4) is 0 Å². The van der Waals surface area contributed by atoms with Gasteiger partial charge in [-0.1, -0.05) is 18.9 Å². The first-order valence-electron chi connectivity index (χ1n) is 8.02. The van der Waals surface area contributed by atoms with Gasteiger partial charge in [0.25, 0.3) is 5.91 Å². The highest BCUT2D eigenvalue weighted by molar-refractivity contribution is 6.11. The molecule has 1 aliphatic carbocycles. The van der Waals surface area contributed by atoms with E-state index in [1.54, 1.807) is 23.7 Å². The van der Waals surface area contributed by atoms with E-state index in [-0.39, 0.29) is 23.6 Å². The Morgan fingerprint density at radius 2 is 1.75 bits per heavy atom. The number of rotatable bonds is 8. The molecule has 24 heavy (non-hydrogen) atoms. The number of amides is 3. The van der Waals surface area contributed by atoms with Gasteiger partial charge in [0.1, 0.15) is 0 Å². The molecule has 0 aromatic rings. The van der Waals surface area contributed by atoms with Crippen LogP contribution in [0.15, 0.2) is 41.1 Å². The first kappa shape index (κ1) is 17.8. The SMILES string of the molecule is O=C1C=CC2C=C(NC(=O)CCCCCCC(=O)NO)C=CC2=N1. The lowest BCUT2D eigenvalue weighted by atomic mass is 9.94. The van der Waals surface area contributed by atoms with Crippen molar-refractivity contribution in [2.75, 3.05) is 0 Å². The van der Waals surface area contributed by atoms with Crippen LogP contribution in [0, 0.1) is 5.92 Å². The number of aliphatic imine (C=N–C) groups is 1. The Kier molecular flexibility index (Phi) is 6.62. The lowest BCUT2D eigenvalue weighted by molar-refractivity contribution is -0.129. The standard InChI is InChI=1S/C17H21N3O4/c21-15(5-3-1-2-4-6-17(23)20-24)18-13-8-9-14-12(11-13)7-10-16(22)19-14/h7-12,24H,1-6H2,(H,18,21)(H,20,23). The van der Waals surface area contributed by atoms with Crippen molar-refractivity contribution in [3.8, 4) is 0 Å². The molecule has 3 amide bonds. The summed E-state index contributed by atoms with van der Waals surface area (Å²) in [5.41, 5.74) is 2.99. The van der Waals surface area contributed by atoms with Crippen LogP contribution in [-0.2, 0) is 14.4 Å². The largest absolute Gasteiger partial charge is 0.326 e. The molecule has 7 heteroatoms. The van der Waals surface area contributed by atoms with E-state index in [1.807, 2.05) is 6.08 Å². The predicted molar refractivity (Wildman–Crippen MR) is 88.1 cm³/mol. The average molecular weight is 331 g/mol. The fraction of sp³-hybridized carbons (Fsp3) is 0.412. The predicted octanol–water partition coefficient (Wildman–Crippen LogP) is 1.56. The molecule has 1 heterocycles. The molecule has 0 saturated carbocycles. The second kappa shape index (κ2) is 8.93. The molecule has 3 N–H and O–H groups in total. The summed E-state index contributed by atoms with van der Waals surface area (Å²) in [6.45, 7) is 0. The molecule has 0 fully saturated rings. The number of hydrogen-bond acceptors (Lipinski definition) is 4.